The first kappa shape index (κ1) is 19.9. The Hall–Kier alpha value is -3.35. The molecule has 7 heteroatoms. The van der Waals surface area contributed by atoms with Gasteiger partial charge in [0.05, 0.1) is 0 Å². The van der Waals surface area contributed by atoms with Crippen LogP contribution in [0.1, 0.15) is 23.9 Å². The average Bonchev–Trinajstić information content (AvgIpc) is 3.26. The normalized spacial score (nSPS) is 14.1. The van der Waals surface area contributed by atoms with Gasteiger partial charge in [0.25, 0.3) is 0 Å². The van der Waals surface area contributed by atoms with Gasteiger partial charge in [-0.15, -0.1) is 0 Å². The minimum atomic E-state index is -0.0444. The second kappa shape index (κ2) is 8.57. The molecule has 156 valence electrons. The molecule has 30 heavy (non-hydrogen) atoms. The molecule has 4 rings (SSSR count). The molecule has 2 aromatic carbocycles. The van der Waals surface area contributed by atoms with Gasteiger partial charge < -0.3 is 19.6 Å². The van der Waals surface area contributed by atoms with E-state index in [-0.39, 0.29) is 6.03 Å². The smallest absolute Gasteiger partial charge is 0.321 e. The molecule has 1 aliphatic heterocycles. The van der Waals surface area contributed by atoms with Crippen molar-refractivity contribution >= 4 is 17.4 Å². The molecule has 0 radical (unpaired) electrons. The fourth-order valence-electron chi connectivity index (χ4n) is 3.53. The van der Waals surface area contributed by atoms with Gasteiger partial charge in [0, 0.05) is 49.5 Å². The van der Waals surface area contributed by atoms with E-state index in [2.05, 4.69) is 46.3 Å². The number of hydrogen-bond donors (Lipinski definition) is 1. The number of aryl methyl sites for hydroxylation is 3. The lowest BCUT2D eigenvalue weighted by molar-refractivity contribution is 0.208. The molecule has 7 nitrogen and oxygen atoms in total. The van der Waals surface area contributed by atoms with E-state index in [1.165, 1.54) is 11.1 Å². The summed E-state index contributed by atoms with van der Waals surface area (Å²) in [6.07, 6.45) is 0.729. The minimum absolute atomic E-state index is 0.0444. The number of carbonyl (C=O) groups excluding carboxylic acids is 1. The number of carbonyl (C=O) groups is 1. The number of amides is 2. The number of benzene rings is 2. The summed E-state index contributed by atoms with van der Waals surface area (Å²) in [5.74, 6) is 1.26. The van der Waals surface area contributed by atoms with Gasteiger partial charge in [0.2, 0.25) is 11.7 Å². The summed E-state index contributed by atoms with van der Waals surface area (Å²) in [6, 6.07) is 14.1. The Kier molecular flexibility index (Phi) is 5.70. The van der Waals surface area contributed by atoms with Crippen molar-refractivity contribution in [3.05, 3.63) is 59.5 Å². The number of hydrogen-bond acceptors (Lipinski definition) is 5. The van der Waals surface area contributed by atoms with Gasteiger partial charge in [-0.2, -0.15) is 4.98 Å². The summed E-state index contributed by atoms with van der Waals surface area (Å²) in [4.78, 5) is 21.1. The predicted molar refractivity (Wildman–Crippen MR) is 118 cm³/mol. The molecule has 3 aromatic rings. The van der Waals surface area contributed by atoms with Gasteiger partial charge in [-0.1, -0.05) is 18.1 Å². The van der Waals surface area contributed by atoms with Crippen molar-refractivity contribution in [3.8, 4) is 11.4 Å². The van der Waals surface area contributed by atoms with Crippen molar-refractivity contribution < 1.29 is 9.32 Å². The number of piperazine rings is 1. The highest BCUT2D eigenvalue weighted by Crippen LogP contribution is 2.23. The number of nitrogens with one attached hydrogen (secondary N) is 1. The first-order chi connectivity index (χ1) is 14.5. The van der Waals surface area contributed by atoms with E-state index in [0.29, 0.717) is 24.8 Å². The molecule has 0 atom stereocenters. The Labute approximate surface area is 176 Å². The van der Waals surface area contributed by atoms with E-state index in [1.54, 1.807) is 0 Å². The maximum Gasteiger partial charge on any atom is 0.321 e. The molecular weight excluding hydrogens is 378 g/mol. The maximum absolute atomic E-state index is 12.6. The third kappa shape index (κ3) is 4.30. The molecule has 0 spiro atoms. The van der Waals surface area contributed by atoms with Crippen molar-refractivity contribution in [1.29, 1.82) is 0 Å². The van der Waals surface area contributed by atoms with E-state index in [4.69, 9.17) is 4.52 Å². The molecule has 1 fully saturated rings. The van der Waals surface area contributed by atoms with Crippen LogP contribution in [0.5, 0.6) is 0 Å². The average molecular weight is 406 g/mol. The van der Waals surface area contributed by atoms with E-state index < -0.39 is 0 Å². The van der Waals surface area contributed by atoms with Crippen LogP contribution in [0.4, 0.5) is 16.2 Å². The Morgan fingerprint density at radius 3 is 2.40 bits per heavy atom. The highest BCUT2D eigenvalue weighted by molar-refractivity contribution is 5.89. The standard InChI is InChI=1S/C23H27N5O2/c1-4-21-25-22(26-30-21)18-6-9-20(10-7-18)27-11-13-28(14-12-27)23(29)24-19-8-5-16(2)17(3)15-19/h5-10,15H,4,11-14H2,1-3H3,(H,24,29). The molecule has 1 aliphatic rings. The number of nitrogens with zero attached hydrogens (tertiary/aromatic N) is 4. The van der Waals surface area contributed by atoms with Gasteiger partial charge in [-0.25, -0.2) is 4.79 Å². The Balaban J connectivity index is 1.33. The van der Waals surface area contributed by atoms with Crippen LogP contribution in [0.2, 0.25) is 0 Å². The van der Waals surface area contributed by atoms with Crippen LogP contribution in [0.15, 0.2) is 47.0 Å². The fraction of sp³-hybridized carbons (Fsp3) is 0.348. The summed E-state index contributed by atoms with van der Waals surface area (Å²) in [5.41, 5.74) is 5.31. The van der Waals surface area contributed by atoms with E-state index >= 15 is 0 Å². The largest absolute Gasteiger partial charge is 0.368 e. The number of aromatic nitrogens is 2. The summed E-state index contributed by atoms with van der Waals surface area (Å²) < 4.78 is 5.19. The lowest BCUT2D eigenvalue weighted by atomic mass is 10.1. The predicted octanol–water partition coefficient (Wildman–Crippen LogP) is 4.27. The molecule has 1 N–H and O–H groups in total. The summed E-state index contributed by atoms with van der Waals surface area (Å²) in [5, 5.41) is 7.03. The second-order valence-electron chi connectivity index (χ2n) is 7.62. The third-order valence-corrected chi connectivity index (χ3v) is 5.59. The first-order valence-corrected chi connectivity index (χ1v) is 10.3. The molecular formula is C23H27N5O2. The summed E-state index contributed by atoms with van der Waals surface area (Å²) in [7, 11) is 0. The molecule has 0 unspecified atom stereocenters. The molecule has 0 bridgehead atoms. The Bertz CT molecular complexity index is 1020. The highest BCUT2D eigenvalue weighted by Gasteiger charge is 2.21. The van der Waals surface area contributed by atoms with Crippen LogP contribution in [-0.4, -0.2) is 47.3 Å². The maximum atomic E-state index is 12.6. The van der Waals surface area contributed by atoms with Crippen molar-refractivity contribution in [1.82, 2.24) is 15.0 Å². The van der Waals surface area contributed by atoms with Crippen molar-refractivity contribution in [3.63, 3.8) is 0 Å². The monoisotopic (exact) mass is 405 g/mol. The topological polar surface area (TPSA) is 74.5 Å². The summed E-state index contributed by atoms with van der Waals surface area (Å²) >= 11 is 0. The summed E-state index contributed by atoms with van der Waals surface area (Å²) in [6.45, 7) is 9.06. The van der Waals surface area contributed by atoms with Crippen LogP contribution >= 0.6 is 0 Å². The van der Waals surface area contributed by atoms with Crippen LogP contribution in [0.3, 0.4) is 0 Å². The Morgan fingerprint density at radius 1 is 1.03 bits per heavy atom. The van der Waals surface area contributed by atoms with Gasteiger partial charge in [0.1, 0.15) is 0 Å². The Morgan fingerprint density at radius 2 is 1.77 bits per heavy atom. The van der Waals surface area contributed by atoms with E-state index in [9.17, 15) is 4.79 Å². The minimum Gasteiger partial charge on any atom is -0.368 e. The molecule has 0 aliphatic carbocycles. The lowest BCUT2D eigenvalue weighted by Gasteiger charge is -2.36. The number of anilines is 2. The van der Waals surface area contributed by atoms with Crippen molar-refractivity contribution in [2.75, 3.05) is 36.4 Å². The van der Waals surface area contributed by atoms with Crippen LogP contribution in [0.25, 0.3) is 11.4 Å². The van der Waals surface area contributed by atoms with Crippen LogP contribution in [0, 0.1) is 13.8 Å². The number of rotatable bonds is 4. The van der Waals surface area contributed by atoms with Crippen LogP contribution < -0.4 is 10.2 Å². The lowest BCUT2D eigenvalue weighted by Crippen LogP contribution is -2.50. The fourth-order valence-corrected chi connectivity index (χ4v) is 3.53. The van der Waals surface area contributed by atoms with Gasteiger partial charge >= 0.3 is 6.03 Å². The molecule has 2 amide bonds. The SMILES string of the molecule is CCc1nc(-c2ccc(N3CCN(C(=O)Nc4ccc(C)c(C)c4)CC3)cc2)no1. The van der Waals surface area contributed by atoms with Gasteiger partial charge in [0.15, 0.2) is 0 Å². The molecule has 0 saturated carbocycles. The number of urea groups is 1. The van der Waals surface area contributed by atoms with Gasteiger partial charge in [-0.3, -0.25) is 0 Å². The van der Waals surface area contributed by atoms with E-state index in [1.807, 2.05) is 42.2 Å². The zero-order valence-electron chi connectivity index (χ0n) is 17.7. The van der Waals surface area contributed by atoms with Crippen LogP contribution in [-0.2, 0) is 6.42 Å². The van der Waals surface area contributed by atoms with Gasteiger partial charge in [-0.05, 0) is 61.4 Å². The van der Waals surface area contributed by atoms with Crippen molar-refractivity contribution in [2.45, 2.75) is 27.2 Å². The van der Waals surface area contributed by atoms with E-state index in [0.717, 1.165) is 36.4 Å². The highest BCUT2D eigenvalue weighted by atomic mass is 16.5. The quantitative estimate of drug-likeness (QED) is 0.702. The molecule has 1 saturated heterocycles. The molecule has 2 heterocycles. The van der Waals surface area contributed by atoms with Crippen molar-refractivity contribution in [2.24, 2.45) is 0 Å². The zero-order chi connectivity index (χ0) is 21.1. The molecule has 1 aromatic heterocycles. The second-order valence-corrected chi connectivity index (χ2v) is 7.62. The third-order valence-electron chi connectivity index (χ3n) is 5.59. The zero-order valence-corrected chi connectivity index (χ0v) is 17.7. The first-order valence-electron chi connectivity index (χ1n) is 10.3.